The number of thiophene rings is 2. The van der Waals surface area contributed by atoms with E-state index in [-0.39, 0.29) is 0 Å². The van der Waals surface area contributed by atoms with Gasteiger partial charge in [-0.05, 0) is 36.4 Å². The summed E-state index contributed by atoms with van der Waals surface area (Å²) in [6.45, 7) is 0. The highest BCUT2D eigenvalue weighted by Crippen LogP contribution is 2.43. The molecule has 5 heterocycles. The molecule has 0 atom stereocenters. The number of nitrogens with zero attached hydrogens (tertiary/aromatic N) is 3. The molecular formula is C26H13N3S2. The first kappa shape index (κ1) is 16.2. The molecule has 0 aliphatic carbocycles. The van der Waals surface area contributed by atoms with Crippen molar-refractivity contribution in [3.8, 4) is 0 Å². The molecule has 0 N–H and O–H groups in total. The van der Waals surface area contributed by atoms with E-state index >= 15 is 0 Å². The van der Waals surface area contributed by atoms with Crippen LogP contribution in [0.3, 0.4) is 0 Å². The number of pyridine rings is 2. The van der Waals surface area contributed by atoms with Gasteiger partial charge in [-0.25, -0.2) is 4.98 Å². The minimum atomic E-state index is 0.981. The molecule has 0 aliphatic rings. The summed E-state index contributed by atoms with van der Waals surface area (Å²) < 4.78 is 7.57. The predicted octanol–water partition coefficient (Wildman–Crippen LogP) is 7.77. The second-order valence-corrected chi connectivity index (χ2v) is 10.1. The van der Waals surface area contributed by atoms with Gasteiger partial charge in [0.2, 0.25) is 0 Å². The van der Waals surface area contributed by atoms with Gasteiger partial charge < -0.3 is 0 Å². The number of rotatable bonds is 0. The zero-order valence-corrected chi connectivity index (χ0v) is 17.8. The highest BCUT2D eigenvalue weighted by atomic mass is 32.1. The molecule has 5 aromatic heterocycles. The summed E-state index contributed by atoms with van der Waals surface area (Å²) in [5.74, 6) is 0. The maximum absolute atomic E-state index is 4.63. The number of benzene rings is 3. The number of hydrogen-bond acceptors (Lipinski definition) is 4. The summed E-state index contributed by atoms with van der Waals surface area (Å²) in [5, 5.41) is 8.85. The van der Waals surface area contributed by atoms with Gasteiger partial charge in [0.25, 0.3) is 0 Å². The first-order valence-electron chi connectivity index (χ1n) is 10.2. The fraction of sp³-hybridized carbons (Fsp3) is 0. The lowest BCUT2D eigenvalue weighted by atomic mass is 10.0. The van der Waals surface area contributed by atoms with Crippen molar-refractivity contribution in [3.63, 3.8) is 0 Å². The Bertz CT molecular complexity index is 2010. The van der Waals surface area contributed by atoms with E-state index in [9.17, 15) is 0 Å². The van der Waals surface area contributed by atoms with E-state index in [4.69, 9.17) is 0 Å². The van der Waals surface area contributed by atoms with E-state index in [1.165, 1.54) is 51.2 Å². The Hall–Kier alpha value is -3.54. The van der Waals surface area contributed by atoms with Crippen molar-refractivity contribution in [2.24, 2.45) is 0 Å². The third kappa shape index (κ3) is 2.02. The van der Waals surface area contributed by atoms with Gasteiger partial charge in [-0.15, -0.1) is 22.7 Å². The lowest BCUT2D eigenvalue weighted by Crippen LogP contribution is -1.90. The monoisotopic (exact) mass is 431 g/mol. The van der Waals surface area contributed by atoms with E-state index in [1.807, 2.05) is 41.3 Å². The van der Waals surface area contributed by atoms with Crippen LogP contribution in [0.2, 0.25) is 0 Å². The van der Waals surface area contributed by atoms with E-state index in [1.54, 1.807) is 0 Å². The van der Waals surface area contributed by atoms with Crippen LogP contribution >= 0.6 is 22.7 Å². The van der Waals surface area contributed by atoms with Gasteiger partial charge in [0.05, 0.1) is 5.52 Å². The summed E-state index contributed by atoms with van der Waals surface area (Å²) in [7, 11) is 0. The standard InChI is InChI=1S/C26H13N3S2/c1-2-4-22-14(3-1)17-9-18-19-10-21-16(11-23(19)31-25(18)12-24(17)30-22)20-13-27-6-5-15(20)26-28-7-8-29(21)26/h1-13H. The molecule has 8 aromatic rings. The second kappa shape index (κ2) is 5.58. The van der Waals surface area contributed by atoms with Gasteiger partial charge in [-0.2, -0.15) is 0 Å². The molecule has 0 spiro atoms. The Kier molecular flexibility index (Phi) is 2.91. The molecule has 0 amide bonds. The SMILES string of the molecule is c1ccc2c(c1)sc1cc3sc4cc5c6cnccc6c6nccn6c5cc4c3cc12. The topological polar surface area (TPSA) is 30.2 Å². The Labute approximate surface area is 183 Å². The quantitative estimate of drug-likeness (QED) is 0.230. The molecule has 0 radical (unpaired) electrons. The Morgan fingerprint density at radius 1 is 0.613 bits per heavy atom. The van der Waals surface area contributed by atoms with Crippen LogP contribution in [0.15, 0.2) is 79.4 Å². The van der Waals surface area contributed by atoms with Crippen molar-refractivity contribution < 1.29 is 0 Å². The molecule has 0 bridgehead atoms. The first-order chi connectivity index (χ1) is 15.3. The normalized spacial score (nSPS) is 12.5. The Morgan fingerprint density at radius 3 is 2.39 bits per heavy atom. The van der Waals surface area contributed by atoms with E-state index < -0.39 is 0 Å². The first-order valence-corrected chi connectivity index (χ1v) is 11.8. The van der Waals surface area contributed by atoms with Crippen LogP contribution in [-0.2, 0) is 0 Å². The molecule has 144 valence electrons. The van der Waals surface area contributed by atoms with Crippen molar-refractivity contribution in [3.05, 3.63) is 79.4 Å². The fourth-order valence-corrected chi connectivity index (χ4v) is 7.30. The van der Waals surface area contributed by atoms with Crippen LogP contribution in [0, 0.1) is 0 Å². The molecule has 31 heavy (non-hydrogen) atoms. The molecule has 0 aliphatic heterocycles. The van der Waals surface area contributed by atoms with Gasteiger partial charge in [0.15, 0.2) is 0 Å². The second-order valence-electron chi connectivity index (χ2n) is 7.95. The largest absolute Gasteiger partial charge is 0.299 e. The highest BCUT2D eigenvalue weighted by molar-refractivity contribution is 7.28. The number of fused-ring (bicyclic) bond motifs is 12. The smallest absolute Gasteiger partial charge is 0.145 e. The third-order valence-corrected chi connectivity index (χ3v) is 8.59. The van der Waals surface area contributed by atoms with E-state index in [2.05, 4.69) is 75.2 Å². The summed E-state index contributed by atoms with van der Waals surface area (Å²) >= 11 is 3.76. The average molecular weight is 432 g/mol. The fourth-order valence-electron chi connectivity index (χ4n) is 4.95. The van der Waals surface area contributed by atoms with Crippen LogP contribution in [0.5, 0.6) is 0 Å². The highest BCUT2D eigenvalue weighted by Gasteiger charge is 2.15. The van der Waals surface area contributed by atoms with Crippen LogP contribution in [0.25, 0.3) is 67.7 Å². The van der Waals surface area contributed by atoms with Gasteiger partial charge in [0, 0.05) is 81.3 Å². The van der Waals surface area contributed by atoms with Crippen LogP contribution in [-0.4, -0.2) is 14.4 Å². The average Bonchev–Trinajstić information content (AvgIpc) is 3.51. The van der Waals surface area contributed by atoms with Gasteiger partial charge in [-0.3, -0.25) is 9.38 Å². The zero-order chi connectivity index (χ0) is 20.1. The molecule has 5 heteroatoms. The Morgan fingerprint density at radius 2 is 1.42 bits per heavy atom. The summed E-state index contributed by atoms with van der Waals surface area (Å²) in [6.07, 6.45) is 7.75. The molecule has 3 aromatic carbocycles. The van der Waals surface area contributed by atoms with Crippen LogP contribution < -0.4 is 0 Å². The molecule has 0 fully saturated rings. The van der Waals surface area contributed by atoms with Crippen LogP contribution in [0.4, 0.5) is 0 Å². The predicted molar refractivity (Wildman–Crippen MR) is 134 cm³/mol. The maximum atomic E-state index is 4.63. The van der Waals surface area contributed by atoms with Crippen molar-refractivity contribution >= 4 is 90.3 Å². The lowest BCUT2D eigenvalue weighted by Gasteiger charge is -2.08. The van der Waals surface area contributed by atoms with Crippen molar-refractivity contribution in [1.82, 2.24) is 14.4 Å². The number of aromatic nitrogens is 3. The van der Waals surface area contributed by atoms with Crippen molar-refractivity contribution in [1.29, 1.82) is 0 Å². The third-order valence-electron chi connectivity index (χ3n) is 6.34. The molecular weight excluding hydrogens is 418 g/mol. The molecule has 0 saturated heterocycles. The van der Waals surface area contributed by atoms with Gasteiger partial charge in [0.1, 0.15) is 5.65 Å². The minimum Gasteiger partial charge on any atom is -0.299 e. The number of hydrogen-bond donors (Lipinski definition) is 0. The van der Waals surface area contributed by atoms with E-state index in [0.717, 1.165) is 16.4 Å². The van der Waals surface area contributed by atoms with Gasteiger partial charge in [-0.1, -0.05) is 18.2 Å². The zero-order valence-electron chi connectivity index (χ0n) is 16.2. The summed E-state index contributed by atoms with van der Waals surface area (Å²) in [4.78, 5) is 9.04. The molecule has 3 nitrogen and oxygen atoms in total. The van der Waals surface area contributed by atoms with Gasteiger partial charge >= 0.3 is 0 Å². The van der Waals surface area contributed by atoms with Crippen molar-refractivity contribution in [2.45, 2.75) is 0 Å². The Balaban J connectivity index is 1.59. The van der Waals surface area contributed by atoms with Crippen LogP contribution in [0.1, 0.15) is 0 Å². The molecule has 0 saturated carbocycles. The summed E-state index contributed by atoms with van der Waals surface area (Å²) in [6, 6.07) is 20.2. The molecule has 8 rings (SSSR count). The van der Waals surface area contributed by atoms with E-state index in [0.29, 0.717) is 0 Å². The lowest BCUT2D eigenvalue weighted by molar-refractivity contribution is 1.27. The number of imidazole rings is 1. The molecule has 0 unspecified atom stereocenters. The minimum absolute atomic E-state index is 0.981. The summed E-state index contributed by atoms with van der Waals surface area (Å²) in [5.41, 5.74) is 2.16. The van der Waals surface area contributed by atoms with Crippen molar-refractivity contribution in [2.75, 3.05) is 0 Å². The maximum Gasteiger partial charge on any atom is 0.145 e.